The first-order chi connectivity index (χ1) is 14.5. The highest BCUT2D eigenvalue weighted by atomic mass is 79.9. The van der Waals surface area contributed by atoms with Gasteiger partial charge >= 0.3 is 0 Å². The standard InChI is InChI=1S/C23H28BrN3O3/c24-20-7-1-2-8-21(20)30-14-4-9-22(28)26-19-6-3-5-17(15-19)16-27-12-10-18(11-13-27)23(25)29/h1-3,5-8,15,18H,4,9-14,16H2,(H2,25,29)(H,26,28). The summed E-state index contributed by atoms with van der Waals surface area (Å²) in [6.45, 7) is 3.01. The molecule has 3 N–H and O–H groups in total. The number of nitrogens with one attached hydrogen (secondary N) is 1. The molecule has 7 heteroatoms. The van der Waals surface area contributed by atoms with Crippen molar-refractivity contribution >= 4 is 33.4 Å². The molecule has 1 saturated heterocycles. The summed E-state index contributed by atoms with van der Waals surface area (Å²) in [6, 6.07) is 15.6. The number of anilines is 1. The number of hydrogen-bond donors (Lipinski definition) is 2. The van der Waals surface area contributed by atoms with E-state index in [0.29, 0.717) is 19.4 Å². The number of rotatable bonds is 9. The third kappa shape index (κ3) is 6.85. The normalized spacial score (nSPS) is 15.0. The van der Waals surface area contributed by atoms with Crippen LogP contribution < -0.4 is 15.8 Å². The molecule has 6 nitrogen and oxygen atoms in total. The lowest BCUT2D eigenvalue weighted by Gasteiger charge is -2.30. The maximum atomic E-state index is 12.3. The summed E-state index contributed by atoms with van der Waals surface area (Å²) in [7, 11) is 0. The molecule has 1 fully saturated rings. The van der Waals surface area contributed by atoms with E-state index in [4.69, 9.17) is 10.5 Å². The van der Waals surface area contributed by atoms with Gasteiger partial charge in [-0.2, -0.15) is 0 Å². The summed E-state index contributed by atoms with van der Waals surface area (Å²) < 4.78 is 6.61. The van der Waals surface area contributed by atoms with E-state index < -0.39 is 0 Å². The predicted octanol–water partition coefficient (Wildman–Crippen LogP) is 3.94. The molecule has 0 bridgehead atoms. The number of primary amides is 1. The number of piperidine rings is 1. The summed E-state index contributed by atoms with van der Waals surface area (Å²) in [6.07, 6.45) is 2.66. The van der Waals surface area contributed by atoms with Crippen molar-refractivity contribution in [3.05, 3.63) is 58.6 Å². The molecular formula is C23H28BrN3O3. The van der Waals surface area contributed by atoms with Crippen molar-refractivity contribution in [3.8, 4) is 5.75 Å². The minimum Gasteiger partial charge on any atom is -0.492 e. The molecule has 1 aliphatic rings. The number of carbonyl (C=O) groups is 2. The zero-order valence-electron chi connectivity index (χ0n) is 17.0. The molecule has 0 unspecified atom stereocenters. The number of hydrogen-bond acceptors (Lipinski definition) is 4. The Morgan fingerprint density at radius 1 is 1.13 bits per heavy atom. The number of nitrogens with zero attached hydrogens (tertiary/aromatic N) is 1. The van der Waals surface area contributed by atoms with E-state index in [1.165, 1.54) is 0 Å². The monoisotopic (exact) mass is 473 g/mol. The molecule has 0 atom stereocenters. The number of benzene rings is 2. The van der Waals surface area contributed by atoms with Gasteiger partial charge in [0, 0.05) is 24.6 Å². The van der Waals surface area contributed by atoms with E-state index in [9.17, 15) is 9.59 Å². The first-order valence-electron chi connectivity index (χ1n) is 10.3. The van der Waals surface area contributed by atoms with Crippen LogP contribution in [0.1, 0.15) is 31.2 Å². The summed E-state index contributed by atoms with van der Waals surface area (Å²) >= 11 is 3.44. The average molecular weight is 474 g/mol. The number of halogens is 1. The van der Waals surface area contributed by atoms with Gasteiger partial charge in [0.15, 0.2) is 0 Å². The molecule has 3 rings (SSSR count). The largest absolute Gasteiger partial charge is 0.492 e. The van der Waals surface area contributed by atoms with Crippen LogP contribution in [-0.2, 0) is 16.1 Å². The van der Waals surface area contributed by atoms with Crippen LogP contribution in [0.4, 0.5) is 5.69 Å². The number of amides is 2. The first-order valence-corrected chi connectivity index (χ1v) is 11.1. The van der Waals surface area contributed by atoms with E-state index in [2.05, 4.69) is 32.2 Å². The van der Waals surface area contributed by atoms with Gasteiger partial charge in [0.2, 0.25) is 11.8 Å². The number of carbonyl (C=O) groups excluding carboxylic acids is 2. The van der Waals surface area contributed by atoms with Gasteiger partial charge in [-0.15, -0.1) is 0 Å². The lowest BCUT2D eigenvalue weighted by atomic mass is 9.96. The number of para-hydroxylation sites is 1. The van der Waals surface area contributed by atoms with Crippen molar-refractivity contribution in [2.24, 2.45) is 11.7 Å². The fourth-order valence-corrected chi connectivity index (χ4v) is 3.98. The molecule has 0 aliphatic carbocycles. The topological polar surface area (TPSA) is 84.7 Å². The third-order valence-corrected chi connectivity index (χ3v) is 5.90. The van der Waals surface area contributed by atoms with Crippen LogP contribution >= 0.6 is 15.9 Å². The fraction of sp³-hybridized carbons (Fsp3) is 0.391. The van der Waals surface area contributed by atoms with E-state index in [0.717, 1.165) is 53.9 Å². The SMILES string of the molecule is NC(=O)C1CCN(Cc2cccc(NC(=O)CCCOc3ccccc3Br)c2)CC1. The molecule has 2 aromatic carbocycles. The highest BCUT2D eigenvalue weighted by Crippen LogP contribution is 2.24. The molecule has 2 amide bonds. The maximum Gasteiger partial charge on any atom is 0.224 e. The second-order valence-electron chi connectivity index (χ2n) is 7.58. The van der Waals surface area contributed by atoms with E-state index in [-0.39, 0.29) is 17.7 Å². The van der Waals surface area contributed by atoms with Gasteiger partial charge < -0.3 is 15.8 Å². The van der Waals surface area contributed by atoms with Crippen LogP contribution in [0, 0.1) is 5.92 Å². The molecule has 2 aromatic rings. The Hall–Kier alpha value is -2.38. The summed E-state index contributed by atoms with van der Waals surface area (Å²) in [5.41, 5.74) is 7.35. The molecule has 0 spiro atoms. The van der Waals surface area contributed by atoms with Crippen molar-refractivity contribution in [3.63, 3.8) is 0 Å². The zero-order valence-corrected chi connectivity index (χ0v) is 18.6. The quantitative estimate of drug-likeness (QED) is 0.540. The van der Waals surface area contributed by atoms with Gasteiger partial charge in [0.1, 0.15) is 5.75 Å². The molecule has 1 heterocycles. The molecule has 0 aromatic heterocycles. The minimum atomic E-state index is -0.193. The molecule has 30 heavy (non-hydrogen) atoms. The molecule has 0 radical (unpaired) electrons. The van der Waals surface area contributed by atoms with Gasteiger partial charge in [-0.3, -0.25) is 14.5 Å². The Kier molecular flexibility index (Phi) is 8.28. The summed E-state index contributed by atoms with van der Waals surface area (Å²) in [4.78, 5) is 25.9. The lowest BCUT2D eigenvalue weighted by molar-refractivity contribution is -0.123. The van der Waals surface area contributed by atoms with Gasteiger partial charge in [0.25, 0.3) is 0 Å². The fourth-order valence-electron chi connectivity index (χ4n) is 3.58. The van der Waals surface area contributed by atoms with Crippen molar-refractivity contribution < 1.29 is 14.3 Å². The van der Waals surface area contributed by atoms with Crippen LogP contribution in [0.2, 0.25) is 0 Å². The van der Waals surface area contributed by atoms with Crippen molar-refractivity contribution in [1.29, 1.82) is 0 Å². The van der Waals surface area contributed by atoms with Crippen LogP contribution in [0.3, 0.4) is 0 Å². The van der Waals surface area contributed by atoms with Crippen LogP contribution in [0.5, 0.6) is 5.75 Å². The van der Waals surface area contributed by atoms with Gasteiger partial charge in [0.05, 0.1) is 11.1 Å². The average Bonchev–Trinajstić information content (AvgIpc) is 2.73. The highest BCUT2D eigenvalue weighted by Gasteiger charge is 2.22. The van der Waals surface area contributed by atoms with Crippen LogP contribution in [0.25, 0.3) is 0 Å². The van der Waals surface area contributed by atoms with Crippen molar-refractivity contribution in [1.82, 2.24) is 4.90 Å². The van der Waals surface area contributed by atoms with Gasteiger partial charge in [-0.25, -0.2) is 0 Å². The zero-order chi connectivity index (χ0) is 21.3. The van der Waals surface area contributed by atoms with Crippen molar-refractivity contribution in [2.75, 3.05) is 25.0 Å². The minimum absolute atomic E-state index is 0.00106. The molecule has 160 valence electrons. The van der Waals surface area contributed by atoms with Gasteiger partial charge in [-0.1, -0.05) is 24.3 Å². The third-order valence-electron chi connectivity index (χ3n) is 5.25. The smallest absolute Gasteiger partial charge is 0.224 e. The van der Waals surface area contributed by atoms with E-state index in [1.807, 2.05) is 42.5 Å². The highest BCUT2D eigenvalue weighted by molar-refractivity contribution is 9.10. The summed E-state index contributed by atoms with van der Waals surface area (Å²) in [5, 5.41) is 2.97. The Morgan fingerprint density at radius 2 is 1.90 bits per heavy atom. The molecular weight excluding hydrogens is 446 g/mol. The Balaban J connectivity index is 1.40. The summed E-state index contributed by atoms with van der Waals surface area (Å²) in [5.74, 6) is 0.565. The number of nitrogens with two attached hydrogens (primary N) is 1. The predicted molar refractivity (Wildman–Crippen MR) is 121 cm³/mol. The number of ether oxygens (including phenoxy) is 1. The Labute approximate surface area is 185 Å². The molecule has 1 aliphatic heterocycles. The van der Waals surface area contributed by atoms with E-state index in [1.54, 1.807) is 0 Å². The Bertz CT molecular complexity index is 866. The first kappa shape index (κ1) is 22.3. The van der Waals surface area contributed by atoms with Crippen LogP contribution in [0.15, 0.2) is 53.0 Å². The lowest BCUT2D eigenvalue weighted by Crippen LogP contribution is -2.38. The second kappa shape index (κ2) is 11.1. The maximum absolute atomic E-state index is 12.3. The van der Waals surface area contributed by atoms with Gasteiger partial charge in [-0.05, 0) is 78.1 Å². The van der Waals surface area contributed by atoms with Crippen LogP contribution in [-0.4, -0.2) is 36.4 Å². The number of likely N-dealkylation sites (tertiary alicyclic amines) is 1. The Morgan fingerprint density at radius 3 is 2.63 bits per heavy atom. The van der Waals surface area contributed by atoms with Crippen molar-refractivity contribution in [2.45, 2.75) is 32.2 Å². The molecule has 0 saturated carbocycles. The van der Waals surface area contributed by atoms with E-state index >= 15 is 0 Å². The second-order valence-corrected chi connectivity index (χ2v) is 8.44.